The zero-order valence-corrected chi connectivity index (χ0v) is 17.8. The standard InChI is InChI=1S/C22H33N3O4/c1-16-4-6-20(29-3)18(14-16)22(28)25-9-8-19(17(15-25)5-7-21(26)27)24-12-10-23(2)11-13-24/h4,6,14,17,19H,5,7-13,15H2,1-3H3,(H,26,27)/t17-,19+/m1/s1. The first-order chi connectivity index (χ1) is 13.9. The number of methoxy groups -OCH3 is 1. The van der Waals surface area contributed by atoms with Gasteiger partial charge in [0.1, 0.15) is 5.75 Å². The lowest BCUT2D eigenvalue weighted by Crippen LogP contribution is -2.57. The van der Waals surface area contributed by atoms with Crippen molar-refractivity contribution < 1.29 is 19.4 Å². The fourth-order valence-electron chi connectivity index (χ4n) is 4.59. The van der Waals surface area contributed by atoms with E-state index in [1.54, 1.807) is 7.11 Å². The third kappa shape index (κ3) is 5.28. The van der Waals surface area contributed by atoms with E-state index in [-0.39, 0.29) is 18.2 Å². The van der Waals surface area contributed by atoms with Gasteiger partial charge in [-0.3, -0.25) is 14.5 Å². The summed E-state index contributed by atoms with van der Waals surface area (Å²) in [5.74, 6) is -0.0412. The Bertz CT molecular complexity index is 731. The number of aryl methyl sites for hydroxylation is 1. The molecule has 1 aromatic carbocycles. The van der Waals surface area contributed by atoms with Crippen LogP contribution in [0, 0.1) is 12.8 Å². The lowest BCUT2D eigenvalue weighted by atomic mass is 9.86. The van der Waals surface area contributed by atoms with Gasteiger partial charge in [-0.1, -0.05) is 11.6 Å². The second-order valence-corrected chi connectivity index (χ2v) is 8.34. The van der Waals surface area contributed by atoms with Crippen molar-refractivity contribution in [2.45, 2.75) is 32.2 Å². The number of amides is 1. The highest BCUT2D eigenvalue weighted by molar-refractivity contribution is 5.97. The van der Waals surface area contributed by atoms with E-state index in [1.807, 2.05) is 30.0 Å². The normalized spacial score (nSPS) is 23.8. The van der Waals surface area contributed by atoms with Crippen molar-refractivity contribution >= 4 is 11.9 Å². The number of carboxylic acid groups (broad SMARTS) is 1. The summed E-state index contributed by atoms with van der Waals surface area (Å²) in [5, 5.41) is 9.21. The Labute approximate surface area is 173 Å². The van der Waals surface area contributed by atoms with Crippen LogP contribution in [0.5, 0.6) is 5.75 Å². The van der Waals surface area contributed by atoms with Gasteiger partial charge in [0.25, 0.3) is 5.91 Å². The summed E-state index contributed by atoms with van der Waals surface area (Å²) in [4.78, 5) is 31.2. The van der Waals surface area contributed by atoms with Gasteiger partial charge in [-0.2, -0.15) is 0 Å². The number of hydrogen-bond donors (Lipinski definition) is 1. The maximum absolute atomic E-state index is 13.3. The summed E-state index contributed by atoms with van der Waals surface area (Å²) < 4.78 is 5.41. The van der Waals surface area contributed by atoms with E-state index in [1.165, 1.54) is 0 Å². The van der Waals surface area contributed by atoms with Gasteiger partial charge in [0.2, 0.25) is 0 Å². The Morgan fingerprint density at radius 2 is 1.90 bits per heavy atom. The smallest absolute Gasteiger partial charge is 0.303 e. The van der Waals surface area contributed by atoms with E-state index in [0.717, 1.165) is 38.2 Å². The van der Waals surface area contributed by atoms with Gasteiger partial charge >= 0.3 is 5.97 Å². The average molecular weight is 404 g/mol. The number of carboxylic acids is 1. The van der Waals surface area contributed by atoms with Crippen LogP contribution in [-0.2, 0) is 4.79 Å². The highest BCUT2D eigenvalue weighted by Crippen LogP contribution is 2.30. The molecule has 2 saturated heterocycles. The summed E-state index contributed by atoms with van der Waals surface area (Å²) >= 11 is 0. The van der Waals surface area contributed by atoms with Gasteiger partial charge in [-0.15, -0.1) is 0 Å². The largest absolute Gasteiger partial charge is 0.496 e. The first-order valence-corrected chi connectivity index (χ1v) is 10.5. The fraction of sp³-hybridized carbons (Fsp3) is 0.636. The topological polar surface area (TPSA) is 73.3 Å². The Morgan fingerprint density at radius 1 is 1.17 bits per heavy atom. The molecule has 7 nitrogen and oxygen atoms in total. The molecule has 1 aromatic rings. The summed E-state index contributed by atoms with van der Waals surface area (Å²) in [6, 6.07) is 5.98. The molecule has 0 aromatic heterocycles. The van der Waals surface area contributed by atoms with Crippen LogP contribution in [-0.4, -0.2) is 91.2 Å². The van der Waals surface area contributed by atoms with Crippen molar-refractivity contribution in [3.05, 3.63) is 29.3 Å². The number of likely N-dealkylation sites (tertiary alicyclic amines) is 1. The van der Waals surface area contributed by atoms with Crippen LogP contribution in [0.25, 0.3) is 0 Å². The fourth-order valence-corrected chi connectivity index (χ4v) is 4.59. The molecule has 2 aliphatic heterocycles. The number of hydrogen-bond acceptors (Lipinski definition) is 5. The molecule has 2 heterocycles. The lowest BCUT2D eigenvalue weighted by Gasteiger charge is -2.46. The number of piperazine rings is 1. The molecule has 29 heavy (non-hydrogen) atoms. The average Bonchev–Trinajstić information content (AvgIpc) is 2.72. The molecule has 160 valence electrons. The van der Waals surface area contributed by atoms with Gasteiger partial charge < -0.3 is 19.6 Å². The van der Waals surface area contributed by atoms with E-state index >= 15 is 0 Å². The van der Waals surface area contributed by atoms with Gasteiger partial charge in [0.05, 0.1) is 12.7 Å². The van der Waals surface area contributed by atoms with Crippen molar-refractivity contribution in [3.63, 3.8) is 0 Å². The number of ether oxygens (including phenoxy) is 1. The SMILES string of the molecule is COc1ccc(C)cc1C(=O)N1CC[C@H](N2CCN(C)CC2)[C@H](CCC(=O)O)C1. The number of carbonyl (C=O) groups excluding carboxylic acids is 1. The molecule has 3 rings (SSSR count). The van der Waals surface area contributed by atoms with E-state index in [4.69, 9.17) is 4.74 Å². The van der Waals surface area contributed by atoms with Crippen molar-refractivity contribution in [2.75, 3.05) is 53.4 Å². The number of benzene rings is 1. The second-order valence-electron chi connectivity index (χ2n) is 8.34. The Kier molecular flexibility index (Phi) is 7.14. The maximum atomic E-state index is 13.3. The van der Waals surface area contributed by atoms with E-state index < -0.39 is 5.97 Å². The number of piperidine rings is 1. The zero-order valence-electron chi connectivity index (χ0n) is 17.8. The first kappa shape index (κ1) is 21.6. The molecule has 1 amide bonds. The molecule has 7 heteroatoms. The zero-order chi connectivity index (χ0) is 21.0. The van der Waals surface area contributed by atoms with Crippen LogP contribution in [0.3, 0.4) is 0 Å². The summed E-state index contributed by atoms with van der Waals surface area (Å²) in [5.41, 5.74) is 1.60. The molecule has 2 atom stereocenters. The van der Waals surface area contributed by atoms with Crippen LogP contribution in [0.4, 0.5) is 0 Å². The predicted octanol–water partition coefficient (Wildman–Crippen LogP) is 1.95. The number of rotatable bonds is 6. The van der Waals surface area contributed by atoms with Crippen molar-refractivity contribution in [3.8, 4) is 5.75 Å². The van der Waals surface area contributed by atoms with E-state index in [2.05, 4.69) is 16.8 Å². The number of likely N-dealkylation sites (N-methyl/N-ethyl adjacent to an activating group) is 1. The minimum absolute atomic E-state index is 0.0253. The molecule has 0 bridgehead atoms. The van der Waals surface area contributed by atoms with Crippen LogP contribution < -0.4 is 4.74 Å². The molecule has 0 saturated carbocycles. The molecule has 0 aliphatic carbocycles. The number of nitrogens with zero attached hydrogens (tertiary/aromatic N) is 3. The van der Waals surface area contributed by atoms with Gasteiger partial charge in [0, 0.05) is 51.7 Å². The predicted molar refractivity (Wildman–Crippen MR) is 111 cm³/mol. The van der Waals surface area contributed by atoms with E-state index in [0.29, 0.717) is 36.9 Å². The van der Waals surface area contributed by atoms with Crippen molar-refractivity contribution in [2.24, 2.45) is 5.92 Å². The van der Waals surface area contributed by atoms with Gasteiger partial charge in [0.15, 0.2) is 0 Å². The van der Waals surface area contributed by atoms with Crippen LogP contribution in [0.15, 0.2) is 18.2 Å². The van der Waals surface area contributed by atoms with Gasteiger partial charge in [-0.25, -0.2) is 0 Å². The molecule has 1 N–H and O–H groups in total. The van der Waals surface area contributed by atoms with Crippen LogP contribution in [0.2, 0.25) is 0 Å². The minimum atomic E-state index is -0.772. The highest BCUT2D eigenvalue weighted by atomic mass is 16.5. The Balaban J connectivity index is 1.75. The highest BCUT2D eigenvalue weighted by Gasteiger charge is 2.36. The van der Waals surface area contributed by atoms with Gasteiger partial charge in [-0.05, 0) is 44.9 Å². The Morgan fingerprint density at radius 3 is 2.55 bits per heavy atom. The molecule has 2 fully saturated rings. The third-order valence-electron chi connectivity index (χ3n) is 6.30. The molecule has 2 aliphatic rings. The number of carbonyl (C=O) groups is 2. The first-order valence-electron chi connectivity index (χ1n) is 10.5. The maximum Gasteiger partial charge on any atom is 0.303 e. The monoisotopic (exact) mass is 403 g/mol. The second kappa shape index (κ2) is 9.59. The van der Waals surface area contributed by atoms with E-state index in [9.17, 15) is 14.7 Å². The minimum Gasteiger partial charge on any atom is -0.496 e. The summed E-state index contributed by atoms with van der Waals surface area (Å²) in [6.45, 7) is 7.33. The van der Waals surface area contributed by atoms with Crippen molar-refractivity contribution in [1.82, 2.24) is 14.7 Å². The summed E-state index contributed by atoms with van der Waals surface area (Å²) in [6.07, 6.45) is 1.62. The number of aliphatic carboxylic acids is 1. The molecule has 0 unspecified atom stereocenters. The quantitative estimate of drug-likeness (QED) is 0.783. The third-order valence-corrected chi connectivity index (χ3v) is 6.30. The summed E-state index contributed by atoms with van der Waals surface area (Å²) in [7, 11) is 3.71. The molecular formula is C22H33N3O4. The Hall–Kier alpha value is -2.12. The molecular weight excluding hydrogens is 370 g/mol. The lowest BCUT2D eigenvalue weighted by molar-refractivity contribution is -0.137. The van der Waals surface area contributed by atoms with Crippen LogP contribution in [0.1, 0.15) is 35.2 Å². The molecule has 0 spiro atoms. The molecule has 0 radical (unpaired) electrons. The van der Waals surface area contributed by atoms with Crippen LogP contribution >= 0.6 is 0 Å². The van der Waals surface area contributed by atoms with Crippen molar-refractivity contribution in [1.29, 1.82) is 0 Å².